The fourth-order valence-corrected chi connectivity index (χ4v) is 2.54. The fourth-order valence-electron chi connectivity index (χ4n) is 1.89. The number of methoxy groups -OCH3 is 1. The van der Waals surface area contributed by atoms with Gasteiger partial charge in [0.25, 0.3) is 0 Å². The molecule has 0 saturated carbocycles. The Morgan fingerprint density at radius 1 is 1.38 bits per heavy atom. The van der Waals surface area contributed by atoms with Crippen LogP contribution in [-0.2, 0) is 23.1 Å². The van der Waals surface area contributed by atoms with E-state index in [1.54, 1.807) is 0 Å². The molecule has 0 aliphatic carbocycles. The molecule has 6 nitrogen and oxygen atoms in total. The zero-order valence-electron chi connectivity index (χ0n) is 9.95. The summed E-state index contributed by atoms with van der Waals surface area (Å²) in [5.41, 5.74) is 0. The van der Waals surface area contributed by atoms with Crippen molar-refractivity contribution >= 4 is 7.82 Å². The molecule has 1 rings (SSSR count). The highest BCUT2D eigenvalue weighted by Crippen LogP contribution is 2.47. The third kappa shape index (κ3) is 3.03. The van der Waals surface area contributed by atoms with Crippen molar-refractivity contribution in [1.82, 2.24) is 0 Å². The molecule has 0 bridgehead atoms. The Hall–Kier alpha value is 0.0300. The second-order valence-corrected chi connectivity index (χ2v) is 5.22. The van der Waals surface area contributed by atoms with Crippen molar-refractivity contribution in [2.24, 2.45) is 0 Å². The summed E-state index contributed by atoms with van der Waals surface area (Å²) in [6.45, 7) is 3.76. The molecule has 16 heavy (non-hydrogen) atoms. The maximum atomic E-state index is 11.4. The number of hydrogen-bond donors (Lipinski definition) is 1. The Labute approximate surface area is 95.5 Å². The summed E-state index contributed by atoms with van der Waals surface area (Å²) in [6, 6.07) is 0. The molecule has 5 atom stereocenters. The van der Waals surface area contributed by atoms with E-state index >= 15 is 0 Å². The van der Waals surface area contributed by atoms with Crippen molar-refractivity contribution in [1.29, 1.82) is 0 Å². The third-order valence-corrected chi connectivity index (χ3v) is 3.67. The quantitative estimate of drug-likeness (QED) is 0.746. The van der Waals surface area contributed by atoms with Gasteiger partial charge in [-0.25, -0.2) is 4.57 Å². The first-order valence-electron chi connectivity index (χ1n) is 5.20. The van der Waals surface area contributed by atoms with Crippen molar-refractivity contribution in [2.75, 3.05) is 14.2 Å². The van der Waals surface area contributed by atoms with Crippen molar-refractivity contribution in [3.05, 3.63) is 0 Å². The molecule has 96 valence electrons. The van der Waals surface area contributed by atoms with E-state index < -0.39 is 13.9 Å². The van der Waals surface area contributed by atoms with Crippen LogP contribution in [0, 0.1) is 0 Å². The largest absolute Gasteiger partial charge is 0.472 e. The topological polar surface area (TPSA) is 74.2 Å². The normalized spacial score (nSPS) is 38.6. The van der Waals surface area contributed by atoms with Crippen molar-refractivity contribution < 1.29 is 28.0 Å². The lowest BCUT2D eigenvalue weighted by Gasteiger charge is -2.23. The van der Waals surface area contributed by atoms with E-state index in [0.29, 0.717) is 6.42 Å². The molecule has 1 heterocycles. The molecule has 0 radical (unpaired) electrons. The van der Waals surface area contributed by atoms with Gasteiger partial charge in [-0.15, -0.1) is 0 Å². The van der Waals surface area contributed by atoms with Crippen molar-refractivity contribution in [3.8, 4) is 0 Å². The van der Waals surface area contributed by atoms with Crippen LogP contribution in [0.2, 0.25) is 0 Å². The Kier molecular flexibility index (Phi) is 4.91. The van der Waals surface area contributed by atoms with Crippen molar-refractivity contribution in [2.45, 2.75) is 44.7 Å². The molecule has 0 amide bonds. The lowest BCUT2D eigenvalue weighted by molar-refractivity contribution is -0.00574. The molecular weight excluding hydrogens is 235 g/mol. The Bertz CT molecular complexity index is 271. The number of phosphoric acid groups is 1. The molecule has 0 spiro atoms. The van der Waals surface area contributed by atoms with E-state index in [1.165, 1.54) is 7.11 Å². The molecule has 0 aromatic heterocycles. The monoisotopic (exact) mass is 254 g/mol. The first-order chi connectivity index (χ1) is 7.45. The molecule has 1 aliphatic heterocycles. The van der Waals surface area contributed by atoms with Crippen LogP contribution in [0.25, 0.3) is 0 Å². The number of rotatable bonds is 5. The van der Waals surface area contributed by atoms with Crippen LogP contribution in [0.1, 0.15) is 20.3 Å². The third-order valence-electron chi connectivity index (χ3n) is 2.70. The summed E-state index contributed by atoms with van der Waals surface area (Å²) < 4.78 is 31.6. The van der Waals surface area contributed by atoms with Gasteiger partial charge >= 0.3 is 7.82 Å². The molecule has 1 fully saturated rings. The van der Waals surface area contributed by atoms with E-state index in [1.807, 2.05) is 13.8 Å². The van der Waals surface area contributed by atoms with Gasteiger partial charge in [0.05, 0.1) is 12.2 Å². The minimum absolute atomic E-state index is 0.170. The second-order valence-electron chi connectivity index (χ2n) is 3.71. The first kappa shape index (κ1) is 14.1. The van der Waals surface area contributed by atoms with Gasteiger partial charge in [0.1, 0.15) is 12.2 Å². The second kappa shape index (κ2) is 5.58. The molecule has 0 aromatic rings. The SMILES string of the molecule is CCC1OC(C)C(OC)C1OP(=O)(O)OC. The van der Waals surface area contributed by atoms with Crippen LogP contribution in [0.3, 0.4) is 0 Å². The lowest BCUT2D eigenvalue weighted by Crippen LogP contribution is -2.35. The summed E-state index contributed by atoms with van der Waals surface area (Å²) in [5.74, 6) is 0. The van der Waals surface area contributed by atoms with Crippen LogP contribution < -0.4 is 0 Å². The van der Waals surface area contributed by atoms with E-state index in [9.17, 15) is 9.46 Å². The molecule has 0 aromatic carbocycles. The molecule has 7 heteroatoms. The van der Waals surface area contributed by atoms with Gasteiger partial charge in [0.2, 0.25) is 0 Å². The highest BCUT2D eigenvalue weighted by atomic mass is 31.2. The van der Waals surface area contributed by atoms with Gasteiger partial charge in [-0.3, -0.25) is 9.05 Å². The van der Waals surface area contributed by atoms with E-state index in [0.717, 1.165) is 7.11 Å². The summed E-state index contributed by atoms with van der Waals surface area (Å²) >= 11 is 0. The van der Waals surface area contributed by atoms with Gasteiger partial charge in [-0.1, -0.05) is 6.92 Å². The fraction of sp³-hybridized carbons (Fsp3) is 1.00. The highest BCUT2D eigenvalue weighted by molar-refractivity contribution is 7.47. The molecule has 1 N–H and O–H groups in total. The summed E-state index contributed by atoms with van der Waals surface area (Å²) in [5, 5.41) is 0. The van der Waals surface area contributed by atoms with Crippen molar-refractivity contribution in [3.63, 3.8) is 0 Å². The van der Waals surface area contributed by atoms with Gasteiger partial charge in [-0.05, 0) is 13.3 Å². The number of hydrogen-bond acceptors (Lipinski definition) is 5. The Balaban J connectivity index is 2.77. The predicted octanol–water partition coefficient (Wildman–Crippen LogP) is 1.33. The smallest absolute Gasteiger partial charge is 0.376 e. The molecule has 5 unspecified atom stereocenters. The van der Waals surface area contributed by atoms with E-state index in [2.05, 4.69) is 4.52 Å². The minimum Gasteiger partial charge on any atom is -0.376 e. The van der Waals surface area contributed by atoms with Crippen LogP contribution in [0.4, 0.5) is 0 Å². The molecule has 1 aliphatic rings. The Morgan fingerprint density at radius 2 is 2.00 bits per heavy atom. The minimum atomic E-state index is -4.01. The van der Waals surface area contributed by atoms with Gasteiger partial charge in [0.15, 0.2) is 0 Å². The predicted molar refractivity (Wildman–Crippen MR) is 57.1 cm³/mol. The molecular formula is C9H19O6P. The summed E-state index contributed by atoms with van der Waals surface area (Å²) in [4.78, 5) is 9.30. The maximum absolute atomic E-state index is 11.4. The summed E-state index contributed by atoms with van der Waals surface area (Å²) in [6.07, 6.45) is -0.688. The molecule has 1 saturated heterocycles. The maximum Gasteiger partial charge on any atom is 0.472 e. The van der Waals surface area contributed by atoms with E-state index in [-0.39, 0.29) is 18.3 Å². The first-order valence-corrected chi connectivity index (χ1v) is 6.70. The zero-order valence-corrected chi connectivity index (χ0v) is 10.8. The van der Waals surface area contributed by atoms with Crippen LogP contribution in [0.15, 0.2) is 0 Å². The van der Waals surface area contributed by atoms with Gasteiger partial charge < -0.3 is 14.4 Å². The highest BCUT2D eigenvalue weighted by Gasteiger charge is 2.46. The van der Waals surface area contributed by atoms with Crippen LogP contribution >= 0.6 is 7.82 Å². The average Bonchev–Trinajstić information content (AvgIpc) is 2.53. The van der Waals surface area contributed by atoms with E-state index in [4.69, 9.17) is 14.0 Å². The van der Waals surface area contributed by atoms with Gasteiger partial charge in [-0.2, -0.15) is 0 Å². The van der Waals surface area contributed by atoms with Crippen LogP contribution in [-0.4, -0.2) is 43.5 Å². The number of phosphoric ester groups is 1. The van der Waals surface area contributed by atoms with Crippen LogP contribution in [0.5, 0.6) is 0 Å². The lowest BCUT2D eigenvalue weighted by atomic mass is 10.1. The zero-order chi connectivity index (χ0) is 12.3. The summed E-state index contributed by atoms with van der Waals surface area (Å²) in [7, 11) is -1.36. The average molecular weight is 254 g/mol. The Morgan fingerprint density at radius 3 is 2.44 bits per heavy atom. The standard InChI is InChI=1S/C9H19O6P/c1-5-7-9(15-16(10,11)13-4)8(12-3)6(2)14-7/h6-9H,5H2,1-4H3,(H,10,11). The van der Waals surface area contributed by atoms with Gasteiger partial charge in [0, 0.05) is 14.2 Å². The number of ether oxygens (including phenoxy) is 2.